The summed E-state index contributed by atoms with van der Waals surface area (Å²) in [6.45, 7) is 0. The molecule has 1 aliphatic heterocycles. The summed E-state index contributed by atoms with van der Waals surface area (Å²) in [5.41, 5.74) is 8.12. The van der Waals surface area contributed by atoms with Gasteiger partial charge in [0.05, 0.1) is 0 Å². The van der Waals surface area contributed by atoms with E-state index in [2.05, 4.69) is 17.1 Å². The standard InChI is InChI=1S/C9H10N2Se/c10-9-11-8-4-2-1-3-7(8)5-6-12-9/h1-4H,5-6H2,(H2,10,11). The molecule has 3 heteroatoms. The number of nitrogens with two attached hydrogens (primary N) is 1. The first-order valence-corrected chi connectivity index (χ1v) is 5.98. The van der Waals surface area contributed by atoms with Crippen molar-refractivity contribution in [2.24, 2.45) is 10.7 Å². The van der Waals surface area contributed by atoms with Gasteiger partial charge in [0.2, 0.25) is 0 Å². The zero-order valence-electron chi connectivity index (χ0n) is 6.66. The van der Waals surface area contributed by atoms with E-state index >= 15 is 0 Å². The summed E-state index contributed by atoms with van der Waals surface area (Å²) >= 11 is 0.402. The Balaban J connectivity index is 2.47. The van der Waals surface area contributed by atoms with Crippen LogP contribution in [0.5, 0.6) is 0 Å². The third-order valence-electron chi connectivity index (χ3n) is 1.84. The molecule has 0 bridgehead atoms. The molecular weight excluding hydrogens is 215 g/mol. The molecule has 0 atom stereocenters. The minimum absolute atomic E-state index is 0.402. The van der Waals surface area contributed by atoms with E-state index in [1.165, 1.54) is 10.9 Å². The molecule has 12 heavy (non-hydrogen) atoms. The van der Waals surface area contributed by atoms with Gasteiger partial charge in [0.1, 0.15) is 0 Å². The van der Waals surface area contributed by atoms with E-state index < -0.39 is 0 Å². The number of fused-ring (bicyclic) bond motifs is 1. The molecule has 2 rings (SSSR count). The molecule has 1 aliphatic rings. The van der Waals surface area contributed by atoms with Gasteiger partial charge in [-0.2, -0.15) is 0 Å². The molecular formula is C9H10N2Se. The monoisotopic (exact) mass is 226 g/mol. The molecule has 0 aromatic heterocycles. The van der Waals surface area contributed by atoms with Crippen molar-refractivity contribution in [3.63, 3.8) is 0 Å². The molecule has 0 spiro atoms. The third kappa shape index (κ3) is 1.52. The van der Waals surface area contributed by atoms with E-state index in [0.717, 1.165) is 16.8 Å². The number of aryl methyl sites for hydroxylation is 1. The quantitative estimate of drug-likeness (QED) is 0.664. The van der Waals surface area contributed by atoms with Crippen LogP contribution in [-0.2, 0) is 6.42 Å². The Hall–Kier alpha value is -0.791. The summed E-state index contributed by atoms with van der Waals surface area (Å²) < 4.78 is 0.826. The number of hydrogen-bond acceptors (Lipinski definition) is 2. The van der Waals surface area contributed by atoms with E-state index in [0.29, 0.717) is 15.0 Å². The first-order valence-electron chi connectivity index (χ1n) is 3.91. The average Bonchev–Trinajstić information content (AvgIpc) is 2.25. The zero-order chi connectivity index (χ0) is 8.39. The molecule has 0 unspecified atom stereocenters. The Morgan fingerprint density at radius 1 is 1.33 bits per heavy atom. The van der Waals surface area contributed by atoms with Crippen molar-refractivity contribution in [2.45, 2.75) is 11.7 Å². The molecule has 0 saturated heterocycles. The van der Waals surface area contributed by atoms with E-state index in [-0.39, 0.29) is 0 Å². The fourth-order valence-electron chi connectivity index (χ4n) is 1.25. The maximum atomic E-state index is 5.73. The van der Waals surface area contributed by atoms with Crippen molar-refractivity contribution in [3.8, 4) is 0 Å². The van der Waals surface area contributed by atoms with Gasteiger partial charge in [0.15, 0.2) is 0 Å². The Morgan fingerprint density at radius 2 is 2.17 bits per heavy atom. The summed E-state index contributed by atoms with van der Waals surface area (Å²) in [5.74, 6) is 0. The predicted octanol–water partition coefficient (Wildman–Crippen LogP) is 1.31. The van der Waals surface area contributed by atoms with Crippen LogP contribution < -0.4 is 5.73 Å². The Labute approximate surface area is 78.0 Å². The van der Waals surface area contributed by atoms with Gasteiger partial charge in [-0.15, -0.1) is 0 Å². The molecule has 0 fully saturated rings. The van der Waals surface area contributed by atoms with Crippen LogP contribution in [0.1, 0.15) is 5.56 Å². The maximum absolute atomic E-state index is 5.73. The van der Waals surface area contributed by atoms with Gasteiger partial charge in [-0.05, 0) is 0 Å². The van der Waals surface area contributed by atoms with Crippen molar-refractivity contribution in [1.29, 1.82) is 0 Å². The summed E-state index contributed by atoms with van der Waals surface area (Å²) in [7, 11) is 0. The van der Waals surface area contributed by atoms with Crippen LogP contribution in [0.3, 0.4) is 0 Å². The summed E-state index contributed by atoms with van der Waals surface area (Å²) in [5, 5.41) is 1.18. The molecule has 2 nitrogen and oxygen atoms in total. The van der Waals surface area contributed by atoms with Crippen LogP contribution in [0.2, 0.25) is 5.32 Å². The molecule has 1 aromatic rings. The predicted molar refractivity (Wildman–Crippen MR) is 52.0 cm³/mol. The minimum atomic E-state index is 0.402. The van der Waals surface area contributed by atoms with Gasteiger partial charge in [0, 0.05) is 0 Å². The number of rotatable bonds is 0. The van der Waals surface area contributed by atoms with Gasteiger partial charge < -0.3 is 0 Å². The average molecular weight is 225 g/mol. The van der Waals surface area contributed by atoms with Crippen LogP contribution in [0, 0.1) is 0 Å². The number of nitrogens with zero attached hydrogens (tertiary/aromatic N) is 1. The van der Waals surface area contributed by atoms with Gasteiger partial charge in [-0.25, -0.2) is 0 Å². The van der Waals surface area contributed by atoms with E-state index in [1.807, 2.05) is 12.1 Å². The Bertz CT molecular complexity index is 320. The van der Waals surface area contributed by atoms with Crippen molar-refractivity contribution in [2.75, 3.05) is 0 Å². The number of amidine groups is 1. The molecule has 2 N–H and O–H groups in total. The number of benzene rings is 1. The van der Waals surface area contributed by atoms with Crippen molar-refractivity contribution >= 4 is 25.4 Å². The normalized spacial score (nSPS) is 16.2. The Kier molecular flexibility index (Phi) is 2.15. The SMILES string of the molecule is NC1=Nc2ccccc2CC[Se]1. The summed E-state index contributed by atoms with van der Waals surface area (Å²) in [6.07, 6.45) is 1.13. The van der Waals surface area contributed by atoms with Crippen LogP contribution in [0.25, 0.3) is 0 Å². The first kappa shape index (κ1) is 7.84. The van der Waals surface area contributed by atoms with Gasteiger partial charge in [-0.1, -0.05) is 0 Å². The molecule has 1 aromatic carbocycles. The molecule has 0 saturated carbocycles. The van der Waals surface area contributed by atoms with E-state index in [1.54, 1.807) is 0 Å². The molecule has 1 heterocycles. The molecule has 0 radical (unpaired) electrons. The van der Waals surface area contributed by atoms with Crippen LogP contribution in [-0.4, -0.2) is 19.7 Å². The second kappa shape index (κ2) is 3.30. The van der Waals surface area contributed by atoms with E-state index in [4.69, 9.17) is 5.73 Å². The fraction of sp³-hybridized carbons (Fsp3) is 0.222. The second-order valence-electron chi connectivity index (χ2n) is 2.68. The second-order valence-corrected chi connectivity index (χ2v) is 5.02. The van der Waals surface area contributed by atoms with Crippen molar-refractivity contribution in [3.05, 3.63) is 29.8 Å². The molecule has 62 valence electrons. The van der Waals surface area contributed by atoms with E-state index in [9.17, 15) is 0 Å². The Morgan fingerprint density at radius 3 is 3.08 bits per heavy atom. The zero-order valence-corrected chi connectivity index (χ0v) is 8.37. The number of hydrogen-bond donors (Lipinski definition) is 1. The van der Waals surface area contributed by atoms with Crippen molar-refractivity contribution < 1.29 is 0 Å². The fourth-order valence-corrected chi connectivity index (χ4v) is 2.70. The topological polar surface area (TPSA) is 38.4 Å². The van der Waals surface area contributed by atoms with Crippen LogP contribution in [0.15, 0.2) is 29.3 Å². The first-order chi connectivity index (χ1) is 5.86. The third-order valence-corrected chi connectivity index (χ3v) is 3.51. The summed E-state index contributed by atoms with van der Waals surface area (Å²) in [4.78, 5) is 4.36. The van der Waals surface area contributed by atoms with Gasteiger partial charge in [-0.3, -0.25) is 0 Å². The number of aliphatic imine (C=N–C) groups is 1. The van der Waals surface area contributed by atoms with Gasteiger partial charge >= 0.3 is 77.7 Å². The number of para-hydroxylation sites is 1. The van der Waals surface area contributed by atoms with Gasteiger partial charge in [0.25, 0.3) is 0 Å². The van der Waals surface area contributed by atoms with Crippen molar-refractivity contribution in [1.82, 2.24) is 0 Å². The molecule has 0 aliphatic carbocycles. The molecule has 0 amide bonds. The van der Waals surface area contributed by atoms with Crippen LogP contribution >= 0.6 is 0 Å². The summed E-state index contributed by atoms with van der Waals surface area (Å²) in [6, 6.07) is 8.23. The van der Waals surface area contributed by atoms with Crippen LogP contribution in [0.4, 0.5) is 5.69 Å².